The van der Waals surface area contributed by atoms with Gasteiger partial charge in [-0.05, 0) is 54.8 Å². The summed E-state index contributed by atoms with van der Waals surface area (Å²) in [6, 6.07) is 12.1. The molecule has 3 aromatic rings. The zero-order valence-electron chi connectivity index (χ0n) is 20.0. The molecule has 0 radical (unpaired) electrons. The second-order valence-electron chi connectivity index (χ2n) is 9.03. The molecule has 1 aliphatic heterocycles. The Bertz CT molecular complexity index is 1410. The Balaban J connectivity index is 1.79. The molecule has 0 spiro atoms. The van der Waals surface area contributed by atoms with Crippen molar-refractivity contribution >= 4 is 27.1 Å². The largest absolute Gasteiger partial charge is 0.356 e. The van der Waals surface area contributed by atoms with E-state index in [0.29, 0.717) is 28.9 Å². The van der Waals surface area contributed by atoms with Crippen molar-refractivity contribution < 1.29 is 22.2 Å². The number of halogens is 3. The van der Waals surface area contributed by atoms with Gasteiger partial charge in [0.15, 0.2) is 0 Å². The first-order chi connectivity index (χ1) is 16.9. The van der Waals surface area contributed by atoms with Crippen LogP contribution in [0.2, 0.25) is 0 Å². The molecule has 6 nitrogen and oxygen atoms in total. The predicted molar refractivity (Wildman–Crippen MR) is 135 cm³/mol. The highest BCUT2D eigenvalue weighted by molar-refractivity contribution is 7.91. The number of anilines is 2. The summed E-state index contributed by atoms with van der Waals surface area (Å²) in [5, 5.41) is 2.78. The summed E-state index contributed by atoms with van der Waals surface area (Å²) in [6.45, 7) is 2.06. The molecule has 1 aromatic heterocycles. The lowest BCUT2D eigenvalue weighted by molar-refractivity contribution is -0.0102. The highest BCUT2D eigenvalue weighted by Gasteiger charge is 2.33. The second kappa shape index (κ2) is 9.93. The molecule has 2 heterocycles. The van der Waals surface area contributed by atoms with Crippen LogP contribution in [0.1, 0.15) is 35.2 Å². The van der Waals surface area contributed by atoms with Gasteiger partial charge in [0.2, 0.25) is 5.92 Å². The van der Waals surface area contributed by atoms with E-state index in [4.69, 9.17) is 4.78 Å². The Kier molecular flexibility index (Phi) is 7.08. The van der Waals surface area contributed by atoms with Crippen LogP contribution in [-0.2, 0) is 9.73 Å². The monoisotopic (exact) mass is 516 g/mol. The molecule has 2 N–H and O–H groups in total. The summed E-state index contributed by atoms with van der Waals surface area (Å²) in [7, 11) is -3.00. The fourth-order valence-electron chi connectivity index (χ4n) is 4.33. The van der Waals surface area contributed by atoms with Crippen molar-refractivity contribution in [1.82, 2.24) is 4.98 Å². The third-order valence-corrected chi connectivity index (χ3v) is 7.39. The number of pyridine rings is 1. The molecule has 4 rings (SSSR count). The average molecular weight is 517 g/mol. The summed E-state index contributed by atoms with van der Waals surface area (Å²) in [5.41, 5.74) is 2.12. The fourth-order valence-corrected chi connectivity index (χ4v) is 5.02. The lowest BCUT2D eigenvalue weighted by Gasteiger charge is -2.26. The molecule has 0 aliphatic carbocycles. The van der Waals surface area contributed by atoms with E-state index >= 15 is 0 Å². The van der Waals surface area contributed by atoms with Crippen molar-refractivity contribution in [2.24, 2.45) is 0 Å². The Labute approximate surface area is 208 Å². The minimum absolute atomic E-state index is 0.0330. The number of hydrogen-bond acceptors (Lipinski definition) is 5. The first kappa shape index (κ1) is 25.7. The van der Waals surface area contributed by atoms with Crippen LogP contribution in [0, 0.1) is 17.5 Å². The SMILES string of the molecule is Cc1c(-c2cccc(F)c2)cnc(N2CCCC(F)(F)CC2)c1C(=O)Nc1cccc([S@@](C)(=N)=O)c1. The molecule has 0 bridgehead atoms. The lowest BCUT2D eigenvalue weighted by Crippen LogP contribution is -2.30. The summed E-state index contributed by atoms with van der Waals surface area (Å²) >= 11 is 0. The van der Waals surface area contributed by atoms with Crippen molar-refractivity contribution in [3.05, 3.63) is 71.7 Å². The first-order valence-electron chi connectivity index (χ1n) is 11.5. The van der Waals surface area contributed by atoms with E-state index in [9.17, 15) is 22.2 Å². The van der Waals surface area contributed by atoms with Crippen LogP contribution in [0.5, 0.6) is 0 Å². The smallest absolute Gasteiger partial charge is 0.259 e. The van der Waals surface area contributed by atoms with Gasteiger partial charge in [0.25, 0.3) is 5.91 Å². The van der Waals surface area contributed by atoms with Gasteiger partial charge in [-0.25, -0.2) is 27.1 Å². The van der Waals surface area contributed by atoms with Gasteiger partial charge >= 0.3 is 0 Å². The standard InChI is InChI=1S/C26H27F3N4O2S/c1-17-22(18-6-3-7-19(27)14-18)16-31-24(33-12-5-10-26(28,29)11-13-33)23(17)25(34)32-20-8-4-9-21(15-20)36(2,30)35/h3-4,6-9,14-16,30H,5,10-13H2,1-2H3,(H,32,34)/t36-/m0/s1. The number of alkyl halides is 2. The number of amides is 1. The number of benzene rings is 2. The van der Waals surface area contributed by atoms with Gasteiger partial charge in [0, 0.05) is 54.5 Å². The molecule has 1 atom stereocenters. The molecule has 1 aliphatic rings. The van der Waals surface area contributed by atoms with Crippen molar-refractivity contribution in [1.29, 1.82) is 4.78 Å². The minimum Gasteiger partial charge on any atom is -0.356 e. The average Bonchev–Trinajstić information content (AvgIpc) is 2.98. The zero-order valence-corrected chi connectivity index (χ0v) is 20.8. The zero-order chi connectivity index (χ0) is 26.1. The topological polar surface area (TPSA) is 86.2 Å². The van der Waals surface area contributed by atoms with Gasteiger partial charge in [-0.3, -0.25) is 4.79 Å². The number of aromatic nitrogens is 1. The fraction of sp³-hybridized carbons (Fsp3) is 0.308. The molecule has 1 saturated heterocycles. The molecular formula is C26H27F3N4O2S. The van der Waals surface area contributed by atoms with E-state index in [2.05, 4.69) is 10.3 Å². The number of nitrogens with one attached hydrogen (secondary N) is 2. The number of carbonyl (C=O) groups excluding carboxylic acids is 1. The van der Waals surface area contributed by atoms with Crippen LogP contribution in [0.25, 0.3) is 11.1 Å². The normalized spacial score (nSPS) is 17.2. The molecule has 10 heteroatoms. The van der Waals surface area contributed by atoms with Crippen LogP contribution >= 0.6 is 0 Å². The minimum atomic E-state index is -3.00. The molecule has 0 unspecified atom stereocenters. The van der Waals surface area contributed by atoms with Crippen LogP contribution in [0.3, 0.4) is 0 Å². The molecule has 2 aromatic carbocycles. The van der Waals surface area contributed by atoms with Gasteiger partial charge in [-0.2, -0.15) is 0 Å². The van der Waals surface area contributed by atoms with Crippen LogP contribution in [0.4, 0.5) is 24.7 Å². The summed E-state index contributed by atoms with van der Waals surface area (Å²) in [5.74, 6) is -3.47. The summed E-state index contributed by atoms with van der Waals surface area (Å²) in [6.07, 6.45) is 2.49. The molecule has 1 fully saturated rings. The Hall–Kier alpha value is -3.40. The quantitative estimate of drug-likeness (QED) is 0.429. The van der Waals surface area contributed by atoms with E-state index in [1.54, 1.807) is 42.2 Å². The van der Waals surface area contributed by atoms with Crippen LogP contribution < -0.4 is 10.2 Å². The first-order valence-corrected chi connectivity index (χ1v) is 13.4. The molecule has 1 amide bonds. The highest BCUT2D eigenvalue weighted by Crippen LogP contribution is 2.35. The van der Waals surface area contributed by atoms with E-state index in [-0.39, 0.29) is 42.1 Å². The molecule has 36 heavy (non-hydrogen) atoms. The Morgan fingerprint density at radius 2 is 1.89 bits per heavy atom. The predicted octanol–water partition coefficient (Wildman–Crippen LogP) is 6.11. The third kappa shape index (κ3) is 5.70. The van der Waals surface area contributed by atoms with E-state index < -0.39 is 27.4 Å². The van der Waals surface area contributed by atoms with Crippen molar-refractivity contribution in [3.8, 4) is 11.1 Å². The maximum absolute atomic E-state index is 14.0. The maximum Gasteiger partial charge on any atom is 0.259 e. The molecule has 0 saturated carbocycles. The number of rotatable bonds is 5. The van der Waals surface area contributed by atoms with E-state index in [1.165, 1.54) is 30.7 Å². The van der Waals surface area contributed by atoms with Gasteiger partial charge in [-0.15, -0.1) is 0 Å². The van der Waals surface area contributed by atoms with Crippen LogP contribution in [0.15, 0.2) is 59.6 Å². The number of nitrogens with zero attached hydrogens (tertiary/aromatic N) is 2. The summed E-state index contributed by atoms with van der Waals surface area (Å²) in [4.78, 5) is 20.1. The van der Waals surface area contributed by atoms with Crippen LogP contribution in [-0.4, -0.2) is 40.4 Å². The van der Waals surface area contributed by atoms with Crippen molar-refractivity contribution in [2.45, 2.75) is 37.0 Å². The van der Waals surface area contributed by atoms with Crippen molar-refractivity contribution in [2.75, 3.05) is 29.6 Å². The Morgan fingerprint density at radius 3 is 2.61 bits per heavy atom. The summed E-state index contributed by atoms with van der Waals surface area (Å²) < 4.78 is 62.0. The lowest BCUT2D eigenvalue weighted by atomic mass is 9.97. The Morgan fingerprint density at radius 1 is 1.14 bits per heavy atom. The van der Waals surface area contributed by atoms with Gasteiger partial charge in [-0.1, -0.05) is 18.2 Å². The number of hydrogen-bond donors (Lipinski definition) is 2. The van der Waals surface area contributed by atoms with Gasteiger partial charge in [0.05, 0.1) is 15.3 Å². The molecule has 190 valence electrons. The van der Waals surface area contributed by atoms with Gasteiger partial charge < -0.3 is 10.2 Å². The van der Waals surface area contributed by atoms with E-state index in [0.717, 1.165) is 0 Å². The third-order valence-electron chi connectivity index (χ3n) is 6.24. The second-order valence-corrected chi connectivity index (χ2v) is 11.2. The van der Waals surface area contributed by atoms with Gasteiger partial charge in [0.1, 0.15) is 11.6 Å². The molecular weight excluding hydrogens is 489 g/mol. The van der Waals surface area contributed by atoms with Crippen molar-refractivity contribution in [3.63, 3.8) is 0 Å². The maximum atomic E-state index is 14.0. The number of carbonyl (C=O) groups is 1. The van der Waals surface area contributed by atoms with E-state index in [1.807, 2.05) is 0 Å². The highest BCUT2D eigenvalue weighted by atomic mass is 32.2.